The third kappa shape index (κ3) is 3.99. The highest BCUT2D eigenvalue weighted by Crippen LogP contribution is 2.31. The zero-order valence-electron chi connectivity index (χ0n) is 12.9. The van der Waals surface area contributed by atoms with Gasteiger partial charge in [-0.25, -0.2) is 0 Å². The highest BCUT2D eigenvalue weighted by molar-refractivity contribution is 7.87. The van der Waals surface area contributed by atoms with E-state index in [0.29, 0.717) is 5.56 Å². The number of hydrogen-bond donors (Lipinski definition) is 0. The van der Waals surface area contributed by atoms with E-state index in [2.05, 4.69) is 4.18 Å². The first-order valence-electron chi connectivity index (χ1n) is 7.06. The number of nitrogens with zero attached hydrogens (tertiary/aromatic N) is 1. The van der Waals surface area contributed by atoms with Crippen LogP contribution in [-0.2, 0) is 19.0 Å². The molecule has 1 aromatic rings. The molecular weight excluding hydrogens is 351 g/mol. The van der Waals surface area contributed by atoms with E-state index in [1.54, 1.807) is 13.8 Å². The van der Waals surface area contributed by atoms with E-state index in [1.807, 2.05) is 0 Å². The molecule has 0 saturated carbocycles. The van der Waals surface area contributed by atoms with Gasteiger partial charge in [0.2, 0.25) is 0 Å². The summed E-state index contributed by atoms with van der Waals surface area (Å²) in [7, 11) is -5.71. The van der Waals surface area contributed by atoms with Gasteiger partial charge in [-0.2, -0.15) is 21.6 Å². The van der Waals surface area contributed by atoms with Crippen LogP contribution in [0.5, 0.6) is 0 Å². The van der Waals surface area contributed by atoms with E-state index in [4.69, 9.17) is 4.74 Å². The van der Waals surface area contributed by atoms with Crippen molar-refractivity contribution in [1.29, 1.82) is 0 Å². The molecule has 0 spiro atoms. The molecule has 1 aliphatic rings. The molecule has 1 aliphatic heterocycles. The molecule has 1 aromatic heterocycles. The first-order valence-corrected chi connectivity index (χ1v) is 8.47. The van der Waals surface area contributed by atoms with Crippen molar-refractivity contribution in [2.24, 2.45) is 0 Å². The zero-order chi connectivity index (χ0) is 18.1. The normalized spacial score (nSPS) is 19.2. The molecule has 2 rings (SSSR count). The molecule has 6 nitrogen and oxygen atoms in total. The predicted molar refractivity (Wildman–Crippen MR) is 78.5 cm³/mol. The fourth-order valence-electron chi connectivity index (χ4n) is 2.13. The van der Waals surface area contributed by atoms with E-state index in [1.165, 1.54) is 22.9 Å². The second kappa shape index (κ2) is 6.60. The Balaban J connectivity index is 2.30. The van der Waals surface area contributed by atoms with E-state index in [-0.39, 0.29) is 30.4 Å². The second-order valence-electron chi connectivity index (χ2n) is 5.46. The van der Waals surface area contributed by atoms with Crippen LogP contribution >= 0.6 is 0 Å². The molecule has 0 aromatic carbocycles. The van der Waals surface area contributed by atoms with Crippen molar-refractivity contribution >= 4 is 10.1 Å². The number of aromatic nitrogens is 1. The third-order valence-corrected chi connectivity index (χ3v) is 4.33. The Labute approximate surface area is 136 Å². The Morgan fingerprint density at radius 2 is 2.00 bits per heavy atom. The quantitative estimate of drug-likeness (QED) is 0.604. The maximum atomic E-state index is 12.4. The molecule has 134 valence electrons. The molecule has 0 amide bonds. The van der Waals surface area contributed by atoms with Gasteiger partial charge in [0, 0.05) is 30.3 Å². The first kappa shape index (κ1) is 18.5. The van der Waals surface area contributed by atoms with Gasteiger partial charge in [0.1, 0.15) is 11.9 Å². The van der Waals surface area contributed by atoms with Crippen LogP contribution in [-0.4, -0.2) is 25.1 Å². The summed E-state index contributed by atoms with van der Waals surface area (Å²) in [6.07, 6.45) is 1.78. The minimum Gasteiger partial charge on any atom is -0.381 e. The van der Waals surface area contributed by atoms with Crippen LogP contribution in [0.3, 0.4) is 0 Å². The minimum atomic E-state index is -5.71. The molecule has 1 unspecified atom stereocenters. The van der Waals surface area contributed by atoms with Crippen LogP contribution in [0.1, 0.15) is 38.0 Å². The van der Waals surface area contributed by atoms with Crippen molar-refractivity contribution in [2.75, 3.05) is 6.61 Å². The molecule has 10 heteroatoms. The molecule has 24 heavy (non-hydrogen) atoms. The molecule has 0 aliphatic carbocycles. The summed E-state index contributed by atoms with van der Waals surface area (Å²) in [6.45, 7) is 3.59. The van der Waals surface area contributed by atoms with E-state index in [9.17, 15) is 26.4 Å². The molecule has 0 saturated heterocycles. The Bertz CT molecular complexity index is 795. The Morgan fingerprint density at radius 3 is 2.58 bits per heavy atom. The van der Waals surface area contributed by atoms with Crippen molar-refractivity contribution in [3.05, 3.63) is 46.1 Å². The lowest BCUT2D eigenvalue weighted by Crippen LogP contribution is -2.27. The lowest BCUT2D eigenvalue weighted by Gasteiger charge is -2.23. The highest BCUT2D eigenvalue weighted by atomic mass is 32.2. The van der Waals surface area contributed by atoms with Crippen molar-refractivity contribution in [3.8, 4) is 0 Å². The molecule has 0 bridgehead atoms. The summed E-state index contributed by atoms with van der Waals surface area (Å²) in [4.78, 5) is 11.7. The average molecular weight is 367 g/mol. The molecule has 0 N–H and O–H groups in total. The summed E-state index contributed by atoms with van der Waals surface area (Å²) >= 11 is 0. The number of alkyl halides is 3. The van der Waals surface area contributed by atoms with Crippen molar-refractivity contribution < 1.29 is 30.5 Å². The van der Waals surface area contributed by atoms with Gasteiger partial charge in [0.05, 0.1) is 6.61 Å². The van der Waals surface area contributed by atoms with Crippen LogP contribution in [0.25, 0.3) is 0 Å². The Morgan fingerprint density at radius 1 is 1.33 bits per heavy atom. The molecule has 0 radical (unpaired) electrons. The number of pyridine rings is 1. The lowest BCUT2D eigenvalue weighted by molar-refractivity contribution is -0.0530. The maximum absolute atomic E-state index is 12.4. The van der Waals surface area contributed by atoms with Gasteiger partial charge in [0.15, 0.2) is 0 Å². The van der Waals surface area contributed by atoms with Crippen LogP contribution < -0.4 is 5.56 Å². The number of ether oxygens (including phenoxy) is 1. The second-order valence-corrected chi connectivity index (χ2v) is 7.00. The molecule has 1 atom stereocenters. The summed E-state index contributed by atoms with van der Waals surface area (Å²) in [5, 5.41) is 0. The zero-order valence-corrected chi connectivity index (χ0v) is 13.7. The number of rotatable bonds is 4. The summed E-state index contributed by atoms with van der Waals surface area (Å²) in [6, 6.07) is 2.67. The predicted octanol–water partition coefficient (Wildman–Crippen LogP) is 2.64. The smallest absolute Gasteiger partial charge is 0.381 e. The average Bonchev–Trinajstić information content (AvgIpc) is 2.46. The SMILES string of the molecule is CC(C)n1cc(C2C=C(OS(=O)(=O)C(F)(F)F)CCO2)ccc1=O. The van der Waals surface area contributed by atoms with Crippen molar-refractivity contribution in [1.82, 2.24) is 4.57 Å². The van der Waals surface area contributed by atoms with Gasteiger partial charge in [-0.15, -0.1) is 0 Å². The summed E-state index contributed by atoms with van der Waals surface area (Å²) in [5.41, 5.74) is -5.22. The van der Waals surface area contributed by atoms with Gasteiger partial charge in [-0.1, -0.05) is 0 Å². The van der Waals surface area contributed by atoms with E-state index < -0.39 is 21.7 Å². The third-order valence-electron chi connectivity index (χ3n) is 3.33. The van der Waals surface area contributed by atoms with E-state index >= 15 is 0 Å². The van der Waals surface area contributed by atoms with Gasteiger partial charge >= 0.3 is 15.6 Å². The summed E-state index contributed by atoms with van der Waals surface area (Å²) in [5.74, 6) is -0.342. The van der Waals surface area contributed by atoms with Gasteiger partial charge in [-0.05, 0) is 26.0 Å². The van der Waals surface area contributed by atoms with Crippen LogP contribution in [0.4, 0.5) is 13.2 Å². The van der Waals surface area contributed by atoms with Crippen molar-refractivity contribution in [3.63, 3.8) is 0 Å². The largest absolute Gasteiger partial charge is 0.534 e. The first-order chi connectivity index (χ1) is 11.0. The van der Waals surface area contributed by atoms with Gasteiger partial charge in [-0.3, -0.25) is 4.79 Å². The Hall–Kier alpha value is -1.81. The summed E-state index contributed by atoms with van der Waals surface area (Å²) < 4.78 is 70.3. The highest BCUT2D eigenvalue weighted by Gasteiger charge is 2.49. The monoisotopic (exact) mass is 367 g/mol. The molecular formula is C14H16F3NO5S. The van der Waals surface area contributed by atoms with Gasteiger partial charge in [0.25, 0.3) is 5.56 Å². The van der Waals surface area contributed by atoms with Gasteiger partial charge < -0.3 is 13.5 Å². The number of hydrogen-bond acceptors (Lipinski definition) is 5. The van der Waals surface area contributed by atoms with Crippen LogP contribution in [0.2, 0.25) is 0 Å². The fraction of sp³-hybridized carbons (Fsp3) is 0.500. The topological polar surface area (TPSA) is 74.6 Å². The van der Waals surface area contributed by atoms with Crippen LogP contribution in [0, 0.1) is 0 Å². The fourth-order valence-corrected chi connectivity index (χ4v) is 2.64. The van der Waals surface area contributed by atoms with Crippen LogP contribution in [0.15, 0.2) is 35.0 Å². The maximum Gasteiger partial charge on any atom is 0.534 e. The standard InChI is InChI=1S/C14H16F3NO5S/c1-9(2)18-8-10(3-4-13(18)19)12-7-11(5-6-22-12)23-24(20,21)14(15,16)17/h3-4,7-9,12H,5-6H2,1-2H3. The van der Waals surface area contributed by atoms with E-state index in [0.717, 1.165) is 6.08 Å². The Kier molecular flexibility index (Phi) is 5.09. The minimum absolute atomic E-state index is 0.00924. The number of halogens is 3. The lowest BCUT2D eigenvalue weighted by atomic mass is 10.1. The van der Waals surface area contributed by atoms with Crippen molar-refractivity contribution in [2.45, 2.75) is 37.9 Å². The molecule has 0 fully saturated rings. The molecule has 2 heterocycles.